The van der Waals surface area contributed by atoms with Gasteiger partial charge in [0.05, 0.1) is 5.56 Å². The maximum atomic E-state index is 11.0. The molecule has 0 aliphatic carbocycles. The van der Waals surface area contributed by atoms with Crippen LogP contribution in [0, 0.1) is 0 Å². The number of anilines is 1. The second kappa shape index (κ2) is 6.76. The Kier molecular flexibility index (Phi) is 5.64. The molecule has 0 aliphatic heterocycles. The van der Waals surface area contributed by atoms with Crippen LogP contribution in [0.5, 0.6) is 0 Å². The van der Waals surface area contributed by atoms with Crippen LogP contribution in [0.2, 0.25) is 0 Å². The molecule has 0 radical (unpaired) electrons. The number of benzene rings is 1. The number of aromatic carboxylic acids is 1. The van der Waals surface area contributed by atoms with E-state index < -0.39 is 16.8 Å². The molecule has 0 spiro atoms. The van der Waals surface area contributed by atoms with Crippen LogP contribution in [0.1, 0.15) is 16.8 Å². The molecule has 0 saturated carbocycles. The van der Waals surface area contributed by atoms with Crippen LogP contribution in [0.15, 0.2) is 22.7 Å². The van der Waals surface area contributed by atoms with Gasteiger partial charge in [0.1, 0.15) is 0 Å². The predicted molar refractivity (Wildman–Crippen MR) is 73.1 cm³/mol. The van der Waals surface area contributed by atoms with Crippen molar-refractivity contribution in [1.82, 2.24) is 0 Å². The minimum atomic E-state index is -0.965. The summed E-state index contributed by atoms with van der Waals surface area (Å²) < 4.78 is 11.6. The van der Waals surface area contributed by atoms with Gasteiger partial charge in [0.2, 0.25) is 0 Å². The van der Waals surface area contributed by atoms with E-state index in [1.807, 2.05) is 0 Å². The summed E-state index contributed by atoms with van der Waals surface area (Å²) in [6.07, 6.45) is 2.40. The van der Waals surface area contributed by atoms with Crippen molar-refractivity contribution in [2.75, 3.05) is 23.9 Å². The maximum absolute atomic E-state index is 11.0. The Labute approximate surface area is 111 Å². The van der Waals surface area contributed by atoms with E-state index in [0.29, 0.717) is 18.0 Å². The summed E-state index contributed by atoms with van der Waals surface area (Å²) in [5, 5.41) is 12.1. The van der Waals surface area contributed by atoms with E-state index in [4.69, 9.17) is 5.11 Å². The molecule has 1 aromatic rings. The van der Waals surface area contributed by atoms with Crippen molar-refractivity contribution in [1.29, 1.82) is 0 Å². The Balaban J connectivity index is 2.64. The van der Waals surface area contributed by atoms with E-state index in [9.17, 15) is 9.00 Å². The lowest BCUT2D eigenvalue weighted by Crippen LogP contribution is -2.09. The van der Waals surface area contributed by atoms with Gasteiger partial charge in [-0.1, -0.05) is 15.9 Å². The van der Waals surface area contributed by atoms with Crippen LogP contribution in [0.3, 0.4) is 0 Å². The van der Waals surface area contributed by atoms with Gasteiger partial charge < -0.3 is 10.4 Å². The summed E-state index contributed by atoms with van der Waals surface area (Å²) in [5.74, 6) is -0.348. The molecule has 6 heteroatoms. The van der Waals surface area contributed by atoms with Crippen LogP contribution >= 0.6 is 15.9 Å². The number of nitrogens with one attached hydrogen (secondary N) is 1. The van der Waals surface area contributed by atoms with Gasteiger partial charge in [-0.3, -0.25) is 4.21 Å². The van der Waals surface area contributed by atoms with E-state index in [2.05, 4.69) is 21.2 Å². The topological polar surface area (TPSA) is 66.4 Å². The molecule has 2 N–H and O–H groups in total. The minimum Gasteiger partial charge on any atom is -0.478 e. The molecular weight excluding hydrogens is 306 g/mol. The Bertz CT molecular complexity index is 437. The molecule has 0 bridgehead atoms. The molecule has 0 fully saturated rings. The van der Waals surface area contributed by atoms with Crippen molar-refractivity contribution in [2.45, 2.75) is 6.42 Å². The summed E-state index contributed by atoms with van der Waals surface area (Å²) in [6.45, 7) is 0.613. The average Bonchev–Trinajstić information content (AvgIpc) is 2.25. The monoisotopic (exact) mass is 319 g/mol. The fraction of sp³-hybridized carbons (Fsp3) is 0.364. The number of carboxylic acids is 1. The molecule has 1 aromatic carbocycles. The van der Waals surface area contributed by atoms with Crippen molar-refractivity contribution >= 4 is 38.4 Å². The summed E-state index contributed by atoms with van der Waals surface area (Å²) in [6, 6.07) is 5.06. The fourth-order valence-corrected chi connectivity index (χ4v) is 2.26. The zero-order valence-electron chi connectivity index (χ0n) is 9.40. The molecule has 0 aromatic heterocycles. The molecule has 0 aliphatic rings. The number of hydrogen-bond acceptors (Lipinski definition) is 3. The average molecular weight is 320 g/mol. The van der Waals surface area contributed by atoms with Crippen molar-refractivity contribution < 1.29 is 14.1 Å². The van der Waals surface area contributed by atoms with Crippen LogP contribution in [0.25, 0.3) is 0 Å². The van der Waals surface area contributed by atoms with Crippen LogP contribution in [0.4, 0.5) is 5.69 Å². The third-order valence-electron chi connectivity index (χ3n) is 2.14. The van der Waals surface area contributed by atoms with E-state index in [1.165, 1.54) is 0 Å². The number of rotatable bonds is 6. The summed E-state index contributed by atoms with van der Waals surface area (Å²) in [7, 11) is -0.805. The molecule has 0 amide bonds. The highest BCUT2D eigenvalue weighted by Crippen LogP contribution is 2.21. The molecule has 94 valence electrons. The van der Waals surface area contributed by atoms with Gasteiger partial charge in [0.25, 0.3) is 0 Å². The van der Waals surface area contributed by atoms with Gasteiger partial charge in [0.15, 0.2) is 0 Å². The van der Waals surface area contributed by atoms with E-state index in [-0.39, 0.29) is 5.56 Å². The highest BCUT2D eigenvalue weighted by atomic mass is 79.9. The second-order valence-corrected chi connectivity index (χ2v) is 6.02. The van der Waals surface area contributed by atoms with E-state index in [1.54, 1.807) is 24.5 Å². The zero-order chi connectivity index (χ0) is 12.8. The maximum Gasteiger partial charge on any atom is 0.337 e. The Morgan fingerprint density at radius 1 is 1.53 bits per heavy atom. The summed E-state index contributed by atoms with van der Waals surface area (Å²) in [4.78, 5) is 11.0. The third kappa shape index (κ3) is 4.87. The summed E-state index contributed by atoms with van der Waals surface area (Å²) in [5.41, 5.74) is 0.819. The van der Waals surface area contributed by atoms with Gasteiger partial charge in [0, 0.05) is 39.5 Å². The van der Waals surface area contributed by atoms with Crippen LogP contribution in [-0.2, 0) is 10.8 Å². The highest BCUT2D eigenvalue weighted by Gasteiger charge is 2.09. The first-order chi connectivity index (χ1) is 8.00. The lowest BCUT2D eigenvalue weighted by atomic mass is 10.2. The highest BCUT2D eigenvalue weighted by molar-refractivity contribution is 9.10. The van der Waals surface area contributed by atoms with E-state index >= 15 is 0 Å². The van der Waals surface area contributed by atoms with Gasteiger partial charge in [-0.2, -0.15) is 0 Å². The zero-order valence-corrected chi connectivity index (χ0v) is 11.8. The first-order valence-electron chi connectivity index (χ1n) is 5.07. The van der Waals surface area contributed by atoms with Crippen molar-refractivity contribution in [3.05, 3.63) is 28.2 Å². The van der Waals surface area contributed by atoms with Gasteiger partial charge in [-0.15, -0.1) is 0 Å². The fourth-order valence-electron chi connectivity index (χ4n) is 1.35. The first kappa shape index (κ1) is 14.2. The van der Waals surface area contributed by atoms with Crippen molar-refractivity contribution in [3.63, 3.8) is 0 Å². The van der Waals surface area contributed by atoms with Gasteiger partial charge in [-0.25, -0.2) is 4.79 Å². The molecule has 0 heterocycles. The first-order valence-corrected chi connectivity index (χ1v) is 7.59. The Morgan fingerprint density at radius 2 is 2.24 bits per heavy atom. The van der Waals surface area contributed by atoms with Crippen LogP contribution < -0.4 is 5.32 Å². The SMILES string of the molecule is CS(=O)CCCNc1ccc(Br)cc1C(=O)O. The van der Waals surface area contributed by atoms with Crippen molar-refractivity contribution in [2.24, 2.45) is 0 Å². The smallest absolute Gasteiger partial charge is 0.337 e. The normalized spacial score (nSPS) is 12.1. The van der Waals surface area contributed by atoms with Crippen molar-refractivity contribution in [3.8, 4) is 0 Å². The molecule has 0 saturated heterocycles. The Hall–Kier alpha value is -0.880. The number of carboxylic acid groups (broad SMARTS) is 1. The number of halogens is 1. The molecule has 1 rings (SSSR count). The Morgan fingerprint density at radius 3 is 2.82 bits per heavy atom. The largest absolute Gasteiger partial charge is 0.478 e. The molecule has 17 heavy (non-hydrogen) atoms. The number of hydrogen-bond donors (Lipinski definition) is 2. The minimum absolute atomic E-state index is 0.233. The lowest BCUT2D eigenvalue weighted by molar-refractivity contribution is 0.0698. The number of carbonyl (C=O) groups is 1. The second-order valence-electron chi connectivity index (χ2n) is 3.55. The third-order valence-corrected chi connectivity index (χ3v) is 3.49. The summed E-state index contributed by atoms with van der Waals surface area (Å²) >= 11 is 3.23. The van der Waals surface area contributed by atoms with Gasteiger partial charge >= 0.3 is 5.97 Å². The molecule has 1 atom stereocenters. The standard InChI is InChI=1S/C11H14BrNO3S/c1-17(16)6-2-5-13-10-4-3-8(12)7-9(10)11(14)15/h3-4,7,13H,2,5-6H2,1H3,(H,14,15). The predicted octanol–water partition coefficient (Wildman–Crippen LogP) is 2.33. The lowest BCUT2D eigenvalue weighted by Gasteiger charge is -2.09. The quantitative estimate of drug-likeness (QED) is 0.790. The molecular formula is C11H14BrNO3S. The molecule has 4 nitrogen and oxygen atoms in total. The van der Waals surface area contributed by atoms with E-state index in [0.717, 1.165) is 10.9 Å². The molecule has 1 unspecified atom stereocenters. The van der Waals surface area contributed by atoms with Crippen LogP contribution in [-0.4, -0.2) is 33.8 Å². The van der Waals surface area contributed by atoms with Gasteiger partial charge in [-0.05, 0) is 24.6 Å².